The molecule has 0 bridgehead atoms. The number of carbonyl (C=O) groups is 1. The minimum absolute atomic E-state index is 0.00648. The summed E-state index contributed by atoms with van der Waals surface area (Å²) >= 11 is 0. The second-order valence-corrected chi connectivity index (χ2v) is 13.1. The lowest BCUT2D eigenvalue weighted by molar-refractivity contribution is -0.137. The van der Waals surface area contributed by atoms with Gasteiger partial charge in [0.25, 0.3) is 5.91 Å². The van der Waals surface area contributed by atoms with Crippen LogP contribution in [-0.4, -0.2) is 57.2 Å². The molecule has 1 amide bonds. The number of aromatic nitrogens is 3. The van der Waals surface area contributed by atoms with Crippen molar-refractivity contribution in [3.63, 3.8) is 0 Å². The summed E-state index contributed by atoms with van der Waals surface area (Å²) in [4.78, 5) is 27.0. The summed E-state index contributed by atoms with van der Waals surface area (Å²) in [5.74, 6) is -0.581. The van der Waals surface area contributed by atoms with Gasteiger partial charge in [-0.1, -0.05) is 12.1 Å². The second-order valence-electron chi connectivity index (χ2n) is 11.1. The number of aliphatic hydroxyl groups is 1. The van der Waals surface area contributed by atoms with Gasteiger partial charge in [0.1, 0.15) is 17.2 Å². The van der Waals surface area contributed by atoms with E-state index in [4.69, 9.17) is 9.05 Å². The summed E-state index contributed by atoms with van der Waals surface area (Å²) in [6.07, 6.45) is -0.126. The number of aliphatic hydroxyl groups excluding tert-OH is 1. The van der Waals surface area contributed by atoms with E-state index in [2.05, 4.69) is 25.6 Å². The maximum atomic E-state index is 14.1. The van der Waals surface area contributed by atoms with Gasteiger partial charge in [0.05, 0.1) is 36.7 Å². The molecule has 5 rings (SSSR count). The molecule has 242 valence electrons. The zero-order chi connectivity index (χ0) is 32.4. The minimum atomic E-state index is -4.78. The minimum Gasteiger partial charge on any atom is -0.393 e. The first-order valence-electron chi connectivity index (χ1n) is 14.8. The Balaban J connectivity index is 1.42. The molecular formula is C30H36F3N6O5P. The Morgan fingerprint density at radius 2 is 1.73 bits per heavy atom. The summed E-state index contributed by atoms with van der Waals surface area (Å²) in [7, 11) is -1.70. The number of rotatable bonds is 11. The number of nitrogens with zero attached hydrogens (tertiary/aromatic N) is 4. The molecule has 3 heterocycles. The van der Waals surface area contributed by atoms with Crippen molar-refractivity contribution in [1.82, 2.24) is 19.9 Å². The highest BCUT2D eigenvalue weighted by Gasteiger charge is 2.37. The molecule has 1 saturated carbocycles. The first kappa shape index (κ1) is 32.8. The van der Waals surface area contributed by atoms with Crippen LogP contribution in [0.2, 0.25) is 0 Å². The van der Waals surface area contributed by atoms with Crippen LogP contribution in [0.5, 0.6) is 0 Å². The maximum Gasteiger partial charge on any atom is 0.421 e. The van der Waals surface area contributed by atoms with Crippen molar-refractivity contribution < 1.29 is 36.7 Å². The van der Waals surface area contributed by atoms with Crippen LogP contribution >= 0.6 is 7.60 Å². The van der Waals surface area contributed by atoms with Gasteiger partial charge in [-0.3, -0.25) is 9.36 Å². The van der Waals surface area contributed by atoms with Crippen LogP contribution in [-0.2, 0) is 32.5 Å². The van der Waals surface area contributed by atoms with E-state index in [1.54, 1.807) is 39.1 Å². The zero-order valence-electron chi connectivity index (χ0n) is 25.2. The Hall–Kier alpha value is -3.58. The lowest BCUT2D eigenvalue weighted by Crippen LogP contribution is -2.18. The van der Waals surface area contributed by atoms with E-state index in [1.807, 2.05) is 6.07 Å². The van der Waals surface area contributed by atoms with Gasteiger partial charge in [0, 0.05) is 26.0 Å². The second kappa shape index (κ2) is 13.4. The fourth-order valence-corrected chi connectivity index (χ4v) is 7.45. The van der Waals surface area contributed by atoms with Gasteiger partial charge in [-0.2, -0.15) is 18.2 Å². The average Bonchev–Trinajstić information content (AvgIpc) is 3.28. The van der Waals surface area contributed by atoms with Crippen molar-refractivity contribution in [3.8, 4) is 0 Å². The fourth-order valence-electron chi connectivity index (χ4n) is 5.78. The monoisotopic (exact) mass is 648 g/mol. The molecule has 45 heavy (non-hydrogen) atoms. The van der Waals surface area contributed by atoms with Gasteiger partial charge in [0.15, 0.2) is 0 Å². The smallest absolute Gasteiger partial charge is 0.393 e. The number of alkyl halides is 3. The Kier molecular flexibility index (Phi) is 9.78. The number of halogens is 3. The molecule has 1 aromatic carbocycles. The molecule has 0 saturated heterocycles. The molecular weight excluding hydrogens is 612 g/mol. The van der Waals surface area contributed by atoms with Gasteiger partial charge in [-0.15, -0.1) is 0 Å². The Labute approximate surface area is 259 Å². The van der Waals surface area contributed by atoms with Crippen LogP contribution < -0.4 is 10.6 Å². The predicted octanol–water partition coefficient (Wildman–Crippen LogP) is 6.75. The topological polar surface area (TPSA) is 139 Å². The third-order valence-electron chi connectivity index (χ3n) is 7.88. The molecule has 3 aromatic rings. The van der Waals surface area contributed by atoms with E-state index in [0.717, 1.165) is 24.0 Å². The van der Waals surface area contributed by atoms with E-state index in [-0.39, 0.29) is 54.8 Å². The molecule has 0 spiro atoms. The number of nitrogens with one attached hydrogen (secondary N) is 2. The van der Waals surface area contributed by atoms with Gasteiger partial charge < -0.3 is 29.7 Å². The van der Waals surface area contributed by atoms with E-state index in [9.17, 15) is 27.6 Å². The van der Waals surface area contributed by atoms with Gasteiger partial charge in [-0.05, 0) is 74.3 Å². The van der Waals surface area contributed by atoms with Crippen LogP contribution in [0.1, 0.15) is 78.1 Å². The number of amides is 1. The van der Waals surface area contributed by atoms with Crippen molar-refractivity contribution in [2.45, 2.75) is 70.4 Å². The van der Waals surface area contributed by atoms with Gasteiger partial charge >= 0.3 is 13.8 Å². The number of carbonyl (C=O) groups excluding carboxylic acids is 1. The maximum absolute atomic E-state index is 14.1. The first-order chi connectivity index (χ1) is 21.4. The highest BCUT2D eigenvalue weighted by atomic mass is 31.2. The molecule has 0 atom stereocenters. The molecule has 2 aromatic heterocycles. The number of benzene rings is 1. The SMILES string of the molecule is CCOP(=O)(Cc1ccc(Nc2ncc(C(F)(F)F)c(Nc3ccc(C4CCC(O)CC4)c4c3C(=O)N(C)C4)n2)nc1)OCC. The zero-order valence-corrected chi connectivity index (χ0v) is 26.1. The van der Waals surface area contributed by atoms with Crippen LogP contribution in [0.15, 0.2) is 36.7 Å². The normalized spacial score (nSPS) is 18.6. The quantitative estimate of drug-likeness (QED) is 0.192. The van der Waals surface area contributed by atoms with Crippen LogP contribution in [0.3, 0.4) is 0 Å². The molecule has 1 aliphatic carbocycles. The standard InChI is InChI=1S/C30H36F3N6O5P/c1-4-43-45(42,44-5-2)17-18-6-13-25(34-14-18)37-29-35-15-23(30(31,32)33)27(38-29)36-24-12-11-21(19-7-9-20(40)10-8-19)22-16-39(3)28(41)26(22)24/h6,11-15,19-20,40H,4-5,7-10,16-17H2,1-3H3,(H2,34,35,36,37,38). The van der Waals surface area contributed by atoms with E-state index >= 15 is 0 Å². The lowest BCUT2D eigenvalue weighted by atomic mass is 9.80. The highest BCUT2D eigenvalue weighted by Crippen LogP contribution is 2.51. The average molecular weight is 649 g/mol. The molecule has 3 N–H and O–H groups in total. The summed E-state index contributed by atoms with van der Waals surface area (Å²) < 4.78 is 65.7. The number of pyridine rings is 1. The van der Waals surface area contributed by atoms with Crippen molar-refractivity contribution >= 4 is 36.8 Å². The number of fused-ring (bicyclic) bond motifs is 1. The molecule has 0 unspecified atom stereocenters. The predicted molar refractivity (Wildman–Crippen MR) is 162 cm³/mol. The van der Waals surface area contributed by atoms with Crippen LogP contribution in [0.4, 0.5) is 36.4 Å². The molecule has 11 nitrogen and oxygen atoms in total. The fraction of sp³-hybridized carbons (Fsp3) is 0.467. The van der Waals surface area contributed by atoms with E-state index in [1.165, 1.54) is 11.1 Å². The molecule has 1 fully saturated rings. The third kappa shape index (κ3) is 7.46. The number of hydrogen-bond donors (Lipinski definition) is 3. The van der Waals surface area contributed by atoms with Crippen molar-refractivity contribution in [1.29, 1.82) is 0 Å². The number of anilines is 4. The van der Waals surface area contributed by atoms with Gasteiger partial charge in [0.2, 0.25) is 5.95 Å². The molecule has 2 aliphatic rings. The molecule has 1 aliphatic heterocycles. The van der Waals surface area contributed by atoms with Crippen molar-refractivity contribution in [2.24, 2.45) is 0 Å². The highest BCUT2D eigenvalue weighted by molar-refractivity contribution is 7.53. The lowest BCUT2D eigenvalue weighted by Gasteiger charge is -2.27. The number of hydrogen-bond acceptors (Lipinski definition) is 10. The summed E-state index contributed by atoms with van der Waals surface area (Å²) in [5.41, 5.74) is 1.77. The molecule has 15 heteroatoms. The third-order valence-corrected chi connectivity index (χ3v) is 9.94. The summed E-state index contributed by atoms with van der Waals surface area (Å²) in [6.45, 7) is 4.21. The Bertz CT molecular complexity index is 1570. The van der Waals surface area contributed by atoms with E-state index < -0.39 is 25.2 Å². The van der Waals surface area contributed by atoms with Crippen molar-refractivity contribution in [3.05, 3.63) is 64.5 Å². The van der Waals surface area contributed by atoms with Gasteiger partial charge in [-0.25, -0.2) is 9.97 Å². The summed E-state index contributed by atoms with van der Waals surface area (Å²) in [5, 5.41) is 15.5. The Morgan fingerprint density at radius 1 is 1.02 bits per heavy atom. The largest absolute Gasteiger partial charge is 0.421 e. The molecule has 0 radical (unpaired) electrons. The van der Waals surface area contributed by atoms with Crippen LogP contribution in [0, 0.1) is 0 Å². The van der Waals surface area contributed by atoms with Crippen LogP contribution in [0.25, 0.3) is 0 Å². The first-order valence-corrected chi connectivity index (χ1v) is 16.5. The summed E-state index contributed by atoms with van der Waals surface area (Å²) in [6, 6.07) is 6.67. The van der Waals surface area contributed by atoms with Crippen molar-refractivity contribution in [2.75, 3.05) is 30.9 Å². The van der Waals surface area contributed by atoms with E-state index in [0.29, 0.717) is 36.7 Å². The Morgan fingerprint density at radius 3 is 2.36 bits per heavy atom.